The molecule has 0 spiro atoms. The molecule has 0 saturated carbocycles. The number of sulfone groups is 1. The van der Waals surface area contributed by atoms with Crippen molar-refractivity contribution >= 4 is 15.8 Å². The van der Waals surface area contributed by atoms with Crippen LogP contribution in [0.2, 0.25) is 0 Å². The Morgan fingerprint density at radius 3 is 2.63 bits per heavy atom. The van der Waals surface area contributed by atoms with Crippen molar-refractivity contribution in [2.24, 2.45) is 4.99 Å². The molecular formula is C19H24FN3O3S. The van der Waals surface area contributed by atoms with Crippen LogP contribution >= 0.6 is 0 Å². The first kappa shape index (κ1) is 20.7. The van der Waals surface area contributed by atoms with E-state index >= 15 is 0 Å². The van der Waals surface area contributed by atoms with E-state index in [1.54, 1.807) is 7.11 Å². The van der Waals surface area contributed by atoms with Gasteiger partial charge in [0.2, 0.25) is 0 Å². The van der Waals surface area contributed by atoms with Crippen LogP contribution in [0.3, 0.4) is 0 Å². The topological polar surface area (TPSA) is 79.8 Å². The van der Waals surface area contributed by atoms with Gasteiger partial charge in [-0.05, 0) is 36.8 Å². The SMILES string of the molecule is CCNC(=NCc1cccc(OC)c1)NCCS(=O)(=O)c1ccccc1F. The van der Waals surface area contributed by atoms with Gasteiger partial charge in [-0.1, -0.05) is 24.3 Å². The normalized spacial score (nSPS) is 11.9. The molecule has 8 heteroatoms. The van der Waals surface area contributed by atoms with Crippen LogP contribution in [-0.4, -0.2) is 40.3 Å². The van der Waals surface area contributed by atoms with E-state index in [1.807, 2.05) is 31.2 Å². The first-order chi connectivity index (χ1) is 13.0. The maximum absolute atomic E-state index is 13.7. The highest BCUT2D eigenvalue weighted by Crippen LogP contribution is 2.15. The summed E-state index contributed by atoms with van der Waals surface area (Å²) in [5.41, 5.74) is 0.963. The minimum atomic E-state index is -3.71. The predicted molar refractivity (Wildman–Crippen MR) is 104 cm³/mol. The summed E-state index contributed by atoms with van der Waals surface area (Å²) in [5.74, 6) is 0.258. The quantitative estimate of drug-likeness (QED) is 0.532. The zero-order chi connectivity index (χ0) is 19.7. The fourth-order valence-electron chi connectivity index (χ4n) is 2.39. The molecule has 0 fully saturated rings. The predicted octanol–water partition coefficient (Wildman–Crippen LogP) is 2.36. The molecule has 0 atom stereocenters. The molecule has 2 rings (SSSR count). The second-order valence-electron chi connectivity index (χ2n) is 5.72. The Labute approximate surface area is 159 Å². The van der Waals surface area contributed by atoms with E-state index in [0.29, 0.717) is 19.0 Å². The molecule has 0 aromatic heterocycles. The summed E-state index contributed by atoms with van der Waals surface area (Å²) in [6, 6.07) is 12.9. The number of halogens is 1. The lowest BCUT2D eigenvalue weighted by atomic mass is 10.2. The molecule has 146 valence electrons. The largest absolute Gasteiger partial charge is 0.497 e. The van der Waals surface area contributed by atoms with Gasteiger partial charge in [0.05, 0.1) is 19.4 Å². The van der Waals surface area contributed by atoms with Crippen molar-refractivity contribution in [3.05, 3.63) is 59.9 Å². The standard InChI is InChI=1S/C19H24FN3O3S/c1-3-21-19(23-14-15-7-6-8-16(13-15)26-2)22-11-12-27(24,25)18-10-5-4-9-17(18)20/h4-10,13H,3,11-12,14H2,1-2H3,(H2,21,22,23). The van der Waals surface area contributed by atoms with Crippen LogP contribution in [0, 0.1) is 5.82 Å². The third-order valence-electron chi connectivity index (χ3n) is 3.73. The number of hydrogen-bond donors (Lipinski definition) is 2. The second kappa shape index (κ2) is 9.91. The summed E-state index contributed by atoms with van der Waals surface area (Å²) < 4.78 is 43.5. The zero-order valence-electron chi connectivity index (χ0n) is 15.4. The molecule has 0 aliphatic heterocycles. The number of methoxy groups -OCH3 is 1. The molecule has 0 saturated heterocycles. The van der Waals surface area contributed by atoms with Crippen molar-refractivity contribution in [3.63, 3.8) is 0 Å². The summed E-state index contributed by atoms with van der Waals surface area (Å²) >= 11 is 0. The summed E-state index contributed by atoms with van der Waals surface area (Å²) in [4.78, 5) is 4.15. The van der Waals surface area contributed by atoms with Gasteiger partial charge in [-0.15, -0.1) is 0 Å². The Kier molecular flexibility index (Phi) is 7.60. The third-order valence-corrected chi connectivity index (χ3v) is 5.48. The summed E-state index contributed by atoms with van der Waals surface area (Å²) in [6.07, 6.45) is 0. The van der Waals surface area contributed by atoms with E-state index < -0.39 is 15.7 Å². The first-order valence-corrected chi connectivity index (χ1v) is 10.2. The van der Waals surface area contributed by atoms with Crippen molar-refractivity contribution in [1.29, 1.82) is 0 Å². The molecule has 0 aliphatic rings. The van der Waals surface area contributed by atoms with Gasteiger partial charge in [-0.25, -0.2) is 17.8 Å². The van der Waals surface area contributed by atoms with E-state index in [0.717, 1.165) is 17.4 Å². The van der Waals surface area contributed by atoms with Gasteiger partial charge in [0.15, 0.2) is 15.8 Å². The van der Waals surface area contributed by atoms with Crippen LogP contribution in [0.4, 0.5) is 4.39 Å². The van der Waals surface area contributed by atoms with Crippen LogP contribution in [0.1, 0.15) is 12.5 Å². The van der Waals surface area contributed by atoms with Crippen LogP contribution in [0.25, 0.3) is 0 Å². The average molecular weight is 393 g/mol. The van der Waals surface area contributed by atoms with Crippen LogP contribution in [0.5, 0.6) is 5.75 Å². The molecule has 0 unspecified atom stereocenters. The molecule has 2 N–H and O–H groups in total. The van der Waals surface area contributed by atoms with E-state index in [4.69, 9.17) is 4.74 Å². The van der Waals surface area contributed by atoms with Crippen LogP contribution < -0.4 is 15.4 Å². The van der Waals surface area contributed by atoms with Gasteiger partial charge in [-0.2, -0.15) is 0 Å². The van der Waals surface area contributed by atoms with Gasteiger partial charge in [0.25, 0.3) is 0 Å². The maximum atomic E-state index is 13.7. The average Bonchev–Trinajstić information content (AvgIpc) is 2.66. The van der Waals surface area contributed by atoms with Crippen LogP contribution in [-0.2, 0) is 16.4 Å². The number of hydrogen-bond acceptors (Lipinski definition) is 4. The minimum absolute atomic E-state index is 0.112. The van der Waals surface area contributed by atoms with E-state index in [9.17, 15) is 12.8 Å². The summed E-state index contributed by atoms with van der Waals surface area (Å²) in [5, 5.41) is 6.03. The molecule has 2 aromatic rings. The van der Waals surface area contributed by atoms with Crippen molar-refractivity contribution < 1.29 is 17.5 Å². The van der Waals surface area contributed by atoms with E-state index in [2.05, 4.69) is 15.6 Å². The highest BCUT2D eigenvalue weighted by molar-refractivity contribution is 7.91. The minimum Gasteiger partial charge on any atom is -0.497 e. The molecule has 6 nitrogen and oxygen atoms in total. The molecule has 0 radical (unpaired) electrons. The lowest BCUT2D eigenvalue weighted by molar-refractivity contribution is 0.414. The number of benzene rings is 2. The Morgan fingerprint density at radius 2 is 1.93 bits per heavy atom. The number of rotatable bonds is 8. The summed E-state index contributed by atoms with van der Waals surface area (Å²) in [6.45, 7) is 3.07. The molecule has 0 bridgehead atoms. The highest BCUT2D eigenvalue weighted by Gasteiger charge is 2.18. The van der Waals surface area contributed by atoms with Gasteiger partial charge >= 0.3 is 0 Å². The first-order valence-electron chi connectivity index (χ1n) is 8.58. The third kappa shape index (κ3) is 6.25. The monoisotopic (exact) mass is 393 g/mol. The molecule has 27 heavy (non-hydrogen) atoms. The Balaban J connectivity index is 1.98. The molecule has 0 amide bonds. The molecule has 2 aromatic carbocycles. The number of guanidine groups is 1. The number of nitrogens with one attached hydrogen (secondary N) is 2. The maximum Gasteiger partial charge on any atom is 0.191 e. The van der Waals surface area contributed by atoms with Crippen molar-refractivity contribution in [2.75, 3.05) is 26.0 Å². The molecular weight excluding hydrogens is 369 g/mol. The van der Waals surface area contributed by atoms with Crippen LogP contribution in [0.15, 0.2) is 58.4 Å². The number of nitrogens with zero attached hydrogens (tertiary/aromatic N) is 1. The summed E-state index contributed by atoms with van der Waals surface area (Å²) in [7, 11) is -2.11. The van der Waals surface area contributed by atoms with E-state index in [1.165, 1.54) is 18.2 Å². The Bertz CT molecular complexity index is 885. The van der Waals surface area contributed by atoms with E-state index in [-0.39, 0.29) is 17.2 Å². The van der Waals surface area contributed by atoms with Gasteiger partial charge in [0, 0.05) is 13.1 Å². The molecule has 0 aliphatic carbocycles. The molecule has 0 heterocycles. The van der Waals surface area contributed by atoms with Gasteiger partial charge in [0.1, 0.15) is 16.5 Å². The van der Waals surface area contributed by atoms with Crippen molar-refractivity contribution in [3.8, 4) is 5.75 Å². The lowest BCUT2D eigenvalue weighted by Gasteiger charge is -2.12. The van der Waals surface area contributed by atoms with Crippen molar-refractivity contribution in [1.82, 2.24) is 10.6 Å². The fourth-order valence-corrected chi connectivity index (χ4v) is 3.64. The second-order valence-corrected chi connectivity index (χ2v) is 7.80. The lowest BCUT2D eigenvalue weighted by Crippen LogP contribution is -2.39. The highest BCUT2D eigenvalue weighted by atomic mass is 32.2. The zero-order valence-corrected chi connectivity index (χ0v) is 16.2. The van der Waals surface area contributed by atoms with Crippen molar-refractivity contribution in [2.45, 2.75) is 18.4 Å². The Hall–Kier alpha value is -2.61. The fraction of sp³-hybridized carbons (Fsp3) is 0.316. The van der Waals surface area contributed by atoms with Gasteiger partial charge < -0.3 is 15.4 Å². The number of ether oxygens (including phenoxy) is 1. The smallest absolute Gasteiger partial charge is 0.191 e. The number of aliphatic imine (C=N–C) groups is 1. The Morgan fingerprint density at radius 1 is 1.15 bits per heavy atom. The van der Waals surface area contributed by atoms with Gasteiger partial charge in [-0.3, -0.25) is 0 Å².